The van der Waals surface area contributed by atoms with Gasteiger partial charge in [-0.25, -0.2) is 14.6 Å². The molecule has 1 aliphatic rings. The molecule has 0 aliphatic carbocycles. The number of carbonyl (C=O) groups is 3. The predicted octanol–water partition coefficient (Wildman–Crippen LogP) is 6.32. The van der Waals surface area contributed by atoms with Crippen LogP contribution >= 0.6 is 11.6 Å². The molecule has 2 aromatic carbocycles. The van der Waals surface area contributed by atoms with Crippen LogP contribution in [0.4, 0.5) is 4.79 Å². The Morgan fingerprint density at radius 1 is 0.925 bits per heavy atom. The van der Waals surface area contributed by atoms with Crippen LogP contribution in [0.25, 0.3) is 6.08 Å². The van der Waals surface area contributed by atoms with Crippen molar-refractivity contribution >= 4 is 35.6 Å². The Balaban J connectivity index is 1.71. The second kappa shape index (κ2) is 13.4. The fraction of sp³-hybridized carbons (Fsp3) is 0.355. The van der Waals surface area contributed by atoms with Gasteiger partial charge in [-0.1, -0.05) is 62.6 Å². The number of hydrogen-bond donors (Lipinski definition) is 0. The number of rotatable bonds is 12. The van der Waals surface area contributed by atoms with Crippen molar-refractivity contribution in [1.82, 2.24) is 19.4 Å². The Hall–Kier alpha value is -3.91. The Morgan fingerprint density at radius 3 is 2.23 bits per heavy atom. The summed E-state index contributed by atoms with van der Waals surface area (Å²) in [6.45, 7) is 5.28. The van der Waals surface area contributed by atoms with Gasteiger partial charge in [0.2, 0.25) is 0 Å². The van der Waals surface area contributed by atoms with Crippen molar-refractivity contribution in [3.8, 4) is 0 Å². The van der Waals surface area contributed by atoms with E-state index in [0.717, 1.165) is 54.7 Å². The molecule has 2 heterocycles. The number of aromatic nitrogens is 2. The van der Waals surface area contributed by atoms with Crippen molar-refractivity contribution in [1.29, 1.82) is 0 Å². The summed E-state index contributed by atoms with van der Waals surface area (Å²) in [7, 11) is 1.36. The third kappa shape index (κ3) is 6.62. The Bertz CT molecular complexity index is 1380. The topological polar surface area (TPSA) is 84.7 Å². The molecule has 0 N–H and O–H groups in total. The molecule has 0 bridgehead atoms. The van der Waals surface area contributed by atoms with Crippen LogP contribution in [0.15, 0.2) is 60.4 Å². The van der Waals surface area contributed by atoms with Crippen molar-refractivity contribution < 1.29 is 19.1 Å². The second-order valence-corrected chi connectivity index (χ2v) is 10.2. The third-order valence-electron chi connectivity index (χ3n) is 6.93. The van der Waals surface area contributed by atoms with Crippen molar-refractivity contribution in [3.05, 3.63) is 93.7 Å². The van der Waals surface area contributed by atoms with Crippen molar-refractivity contribution in [2.24, 2.45) is 0 Å². The smallest absolute Gasteiger partial charge is 0.337 e. The fourth-order valence-electron chi connectivity index (χ4n) is 4.62. The predicted molar refractivity (Wildman–Crippen MR) is 155 cm³/mol. The zero-order valence-electron chi connectivity index (χ0n) is 23.2. The molecule has 8 nitrogen and oxygen atoms in total. The summed E-state index contributed by atoms with van der Waals surface area (Å²) >= 11 is 6.06. The number of aryl methyl sites for hydroxylation is 1. The lowest BCUT2D eigenvalue weighted by molar-refractivity contribution is -0.123. The largest absolute Gasteiger partial charge is 0.465 e. The number of halogens is 1. The summed E-state index contributed by atoms with van der Waals surface area (Å²) in [6, 6.07) is 14.2. The molecule has 3 amide bonds. The lowest BCUT2D eigenvalue weighted by Crippen LogP contribution is -2.33. The lowest BCUT2D eigenvalue weighted by Gasteiger charge is -2.18. The van der Waals surface area contributed by atoms with Gasteiger partial charge in [0.05, 0.1) is 31.1 Å². The van der Waals surface area contributed by atoms with Crippen molar-refractivity contribution in [2.45, 2.75) is 59.0 Å². The number of imide groups is 1. The van der Waals surface area contributed by atoms with Crippen LogP contribution in [-0.4, -0.2) is 50.9 Å². The molecule has 0 atom stereocenters. The van der Waals surface area contributed by atoms with Gasteiger partial charge in [0, 0.05) is 24.5 Å². The molecule has 1 aromatic heterocycles. The minimum atomic E-state index is -0.388. The molecule has 1 aliphatic heterocycles. The number of ether oxygens (including phenoxy) is 1. The van der Waals surface area contributed by atoms with Crippen molar-refractivity contribution in [2.75, 3.05) is 13.7 Å². The van der Waals surface area contributed by atoms with E-state index in [1.54, 1.807) is 36.5 Å². The minimum Gasteiger partial charge on any atom is -0.465 e. The van der Waals surface area contributed by atoms with E-state index in [2.05, 4.69) is 16.5 Å². The minimum absolute atomic E-state index is 0.252. The number of hydrogen-bond acceptors (Lipinski definition) is 5. The highest BCUT2D eigenvalue weighted by atomic mass is 35.5. The molecule has 0 unspecified atom stereocenters. The van der Waals surface area contributed by atoms with Crippen LogP contribution in [0.3, 0.4) is 0 Å². The van der Waals surface area contributed by atoms with Gasteiger partial charge in [0.25, 0.3) is 5.91 Å². The number of carbonyl (C=O) groups excluding carboxylic acids is 3. The SMILES string of the molecule is CCCCc1ncc(/C=C2/C(=O)N(CCCC)C(=O)N2Cc2ccc(Cl)cc2)n1Cc1ccc(C(=O)OC)cc1. The quantitative estimate of drug-likeness (QED) is 0.146. The summed E-state index contributed by atoms with van der Waals surface area (Å²) in [6.07, 6.45) is 7.91. The van der Waals surface area contributed by atoms with E-state index in [0.29, 0.717) is 29.4 Å². The van der Waals surface area contributed by atoms with E-state index >= 15 is 0 Å². The zero-order valence-corrected chi connectivity index (χ0v) is 24.0. The van der Waals surface area contributed by atoms with Gasteiger partial charge < -0.3 is 9.30 Å². The molecule has 210 valence electrons. The highest BCUT2D eigenvalue weighted by Gasteiger charge is 2.40. The number of methoxy groups -OCH3 is 1. The van der Waals surface area contributed by atoms with Gasteiger partial charge in [0.15, 0.2) is 0 Å². The van der Waals surface area contributed by atoms with E-state index in [-0.39, 0.29) is 24.5 Å². The van der Waals surface area contributed by atoms with Gasteiger partial charge in [0.1, 0.15) is 11.5 Å². The van der Waals surface area contributed by atoms with Gasteiger partial charge in [-0.2, -0.15) is 0 Å². The Labute approximate surface area is 240 Å². The number of unbranched alkanes of at least 4 members (excludes halogenated alkanes) is 2. The molecular weight excluding hydrogens is 528 g/mol. The maximum Gasteiger partial charge on any atom is 0.337 e. The number of nitrogens with zero attached hydrogens (tertiary/aromatic N) is 4. The van der Waals surface area contributed by atoms with Crippen LogP contribution in [0.5, 0.6) is 0 Å². The molecule has 0 radical (unpaired) electrons. The van der Waals surface area contributed by atoms with Crippen LogP contribution in [-0.2, 0) is 29.0 Å². The first-order valence-corrected chi connectivity index (χ1v) is 14.0. The van der Waals surface area contributed by atoms with Gasteiger partial charge in [-0.15, -0.1) is 0 Å². The first-order chi connectivity index (χ1) is 19.4. The fourth-order valence-corrected chi connectivity index (χ4v) is 4.74. The molecule has 1 fully saturated rings. The maximum atomic E-state index is 13.6. The highest BCUT2D eigenvalue weighted by Crippen LogP contribution is 2.27. The monoisotopic (exact) mass is 562 g/mol. The number of benzene rings is 2. The van der Waals surface area contributed by atoms with E-state index in [1.165, 1.54) is 16.9 Å². The Morgan fingerprint density at radius 2 is 1.57 bits per heavy atom. The maximum absolute atomic E-state index is 13.6. The zero-order chi connectivity index (χ0) is 28.6. The van der Waals surface area contributed by atoms with Crippen LogP contribution < -0.4 is 0 Å². The molecule has 1 saturated heterocycles. The number of imidazole rings is 1. The van der Waals surface area contributed by atoms with E-state index in [1.807, 2.05) is 31.2 Å². The second-order valence-electron chi connectivity index (χ2n) is 9.81. The number of urea groups is 1. The average molecular weight is 563 g/mol. The van der Waals surface area contributed by atoms with Gasteiger partial charge in [-0.05, 0) is 54.3 Å². The van der Waals surface area contributed by atoms with E-state index < -0.39 is 0 Å². The summed E-state index contributed by atoms with van der Waals surface area (Å²) < 4.78 is 6.88. The summed E-state index contributed by atoms with van der Waals surface area (Å²) in [5.74, 6) is 0.202. The lowest BCUT2D eigenvalue weighted by atomic mass is 10.1. The molecule has 3 aromatic rings. The Kier molecular flexibility index (Phi) is 9.77. The van der Waals surface area contributed by atoms with Crippen LogP contribution in [0.1, 0.15) is 72.5 Å². The van der Waals surface area contributed by atoms with E-state index in [9.17, 15) is 14.4 Å². The third-order valence-corrected chi connectivity index (χ3v) is 7.18. The highest BCUT2D eigenvalue weighted by molar-refractivity contribution is 6.30. The van der Waals surface area contributed by atoms with E-state index in [4.69, 9.17) is 16.3 Å². The first kappa shape index (κ1) is 29.1. The van der Waals surface area contributed by atoms with Crippen LogP contribution in [0, 0.1) is 0 Å². The normalized spacial score (nSPS) is 14.4. The summed E-state index contributed by atoms with van der Waals surface area (Å²) in [5.41, 5.74) is 3.37. The summed E-state index contributed by atoms with van der Waals surface area (Å²) in [5, 5.41) is 0.607. The molecular formula is C31H35ClN4O4. The number of amides is 3. The van der Waals surface area contributed by atoms with Gasteiger partial charge >= 0.3 is 12.0 Å². The molecule has 0 spiro atoms. The average Bonchev–Trinajstić information content (AvgIpc) is 3.44. The number of esters is 1. The molecule has 0 saturated carbocycles. The standard InChI is InChI=1S/C31H35ClN4O4/c1-4-6-8-28-33-19-26(35(28)20-22-9-13-24(14-10-22)30(38)40-3)18-27-29(37)34(17-7-5-2)31(39)36(27)21-23-11-15-25(32)16-12-23/h9-16,18-19H,4-8,17,20-21H2,1-3H3/b27-18-. The van der Waals surface area contributed by atoms with Crippen molar-refractivity contribution in [3.63, 3.8) is 0 Å². The van der Waals surface area contributed by atoms with Crippen LogP contribution in [0.2, 0.25) is 5.02 Å². The first-order valence-electron chi connectivity index (χ1n) is 13.7. The molecule has 4 rings (SSSR count). The summed E-state index contributed by atoms with van der Waals surface area (Å²) in [4.78, 5) is 46.4. The van der Waals surface area contributed by atoms with Gasteiger partial charge in [-0.3, -0.25) is 14.6 Å². The molecule has 9 heteroatoms. The molecule has 40 heavy (non-hydrogen) atoms.